The molecular formula is C59H34N4OS. The van der Waals surface area contributed by atoms with Crippen LogP contribution in [0.3, 0.4) is 0 Å². The SMILES string of the molecule is c1ccc(-c2cccc(-c3nc(-c4cc(-n5c6cc7ccccc7cc6c6ccc7ccccc7c65)c5oc6ccccc6c5c4)nc(-c4cccc5c4sc4ccccc45)n3)c2)cc1. The second-order valence-electron chi connectivity index (χ2n) is 16.7. The zero-order valence-corrected chi connectivity index (χ0v) is 35.6. The van der Waals surface area contributed by atoms with Crippen molar-refractivity contribution < 1.29 is 4.42 Å². The zero-order chi connectivity index (χ0) is 42.6. The second-order valence-corrected chi connectivity index (χ2v) is 17.8. The van der Waals surface area contributed by atoms with Gasteiger partial charge in [0.05, 0.1) is 16.7 Å². The lowest BCUT2D eigenvalue weighted by atomic mass is 10.0. The maximum absolute atomic E-state index is 6.94. The third kappa shape index (κ3) is 5.61. The molecule has 0 unspecified atom stereocenters. The van der Waals surface area contributed by atoms with E-state index >= 15 is 0 Å². The molecule has 0 bridgehead atoms. The molecule has 0 atom stereocenters. The van der Waals surface area contributed by atoms with Gasteiger partial charge in [0.2, 0.25) is 0 Å². The van der Waals surface area contributed by atoms with Gasteiger partial charge in [-0.2, -0.15) is 0 Å². The summed E-state index contributed by atoms with van der Waals surface area (Å²) in [4.78, 5) is 16.2. The number of aromatic nitrogens is 4. The van der Waals surface area contributed by atoms with Crippen LogP contribution < -0.4 is 0 Å². The van der Waals surface area contributed by atoms with Gasteiger partial charge in [-0.15, -0.1) is 11.3 Å². The van der Waals surface area contributed by atoms with Crippen LogP contribution in [0, 0.1) is 0 Å². The summed E-state index contributed by atoms with van der Waals surface area (Å²) in [5, 5.41) is 11.5. The summed E-state index contributed by atoms with van der Waals surface area (Å²) < 4.78 is 11.7. The lowest BCUT2D eigenvalue weighted by molar-refractivity contribution is 0.666. The highest BCUT2D eigenvalue weighted by Gasteiger charge is 2.24. The van der Waals surface area contributed by atoms with Gasteiger partial charge < -0.3 is 8.98 Å². The number of benzene rings is 10. The minimum Gasteiger partial charge on any atom is -0.454 e. The normalized spacial score (nSPS) is 12.0. The molecule has 0 aliphatic rings. The summed E-state index contributed by atoms with van der Waals surface area (Å²) in [6.07, 6.45) is 0. The van der Waals surface area contributed by atoms with E-state index in [2.05, 4.69) is 199 Å². The number of hydrogen-bond acceptors (Lipinski definition) is 5. The van der Waals surface area contributed by atoms with Gasteiger partial charge in [0.25, 0.3) is 0 Å². The molecule has 4 heterocycles. The lowest BCUT2D eigenvalue weighted by Crippen LogP contribution is -2.02. The second kappa shape index (κ2) is 14.0. The third-order valence-corrected chi connectivity index (χ3v) is 14.2. The van der Waals surface area contributed by atoms with Crippen LogP contribution >= 0.6 is 11.3 Å². The molecule has 0 N–H and O–H groups in total. The number of para-hydroxylation sites is 1. The Hall–Kier alpha value is -8.45. The molecule has 14 aromatic rings. The standard InChI is InChI=1S/C59H34N4OS/c1-2-14-35(15-3-1)37-19-12-20-40(30-37)57-60-58(62-59(61-57)47-25-13-24-46-44-23-9-11-27-53(44)65-56(46)47)41-32-49-43-22-8-10-26-52(43)64-55(49)51(34-41)63-50-33-39-18-5-4-17-38(39)31-48(50)45-29-28-36-16-6-7-21-42(36)54(45)63/h1-34H. The van der Waals surface area contributed by atoms with E-state index in [9.17, 15) is 0 Å². The van der Waals surface area contributed by atoms with Gasteiger partial charge in [0.15, 0.2) is 23.1 Å². The maximum Gasteiger partial charge on any atom is 0.165 e. The topological polar surface area (TPSA) is 56.7 Å². The number of furan rings is 1. The molecule has 5 nitrogen and oxygen atoms in total. The molecule has 4 aromatic heterocycles. The average Bonchev–Trinajstić information content (AvgIpc) is 4.05. The van der Waals surface area contributed by atoms with Crippen LogP contribution in [0.5, 0.6) is 0 Å². The number of fused-ring (bicyclic) bond motifs is 12. The molecule has 302 valence electrons. The Balaban J connectivity index is 1.09. The van der Waals surface area contributed by atoms with E-state index in [4.69, 9.17) is 19.4 Å². The van der Waals surface area contributed by atoms with Gasteiger partial charge in [-0.05, 0) is 75.8 Å². The molecule has 10 aromatic carbocycles. The number of rotatable bonds is 5. The lowest BCUT2D eigenvalue weighted by Gasteiger charge is -2.14. The number of hydrogen-bond donors (Lipinski definition) is 0. The Labute approximate surface area is 376 Å². The molecule has 0 aliphatic heterocycles. The van der Waals surface area contributed by atoms with Gasteiger partial charge in [0, 0.05) is 63.8 Å². The molecule has 0 radical (unpaired) electrons. The van der Waals surface area contributed by atoms with Crippen LogP contribution in [0.2, 0.25) is 0 Å². The summed E-state index contributed by atoms with van der Waals surface area (Å²) >= 11 is 1.78. The van der Waals surface area contributed by atoms with E-state index in [1.54, 1.807) is 11.3 Å². The summed E-state index contributed by atoms with van der Waals surface area (Å²) in [5.41, 5.74) is 9.74. The van der Waals surface area contributed by atoms with E-state index in [1.165, 1.54) is 47.8 Å². The van der Waals surface area contributed by atoms with Crippen LogP contribution in [-0.4, -0.2) is 19.5 Å². The third-order valence-electron chi connectivity index (χ3n) is 13.0. The van der Waals surface area contributed by atoms with Crippen LogP contribution in [0.25, 0.3) is 136 Å². The Bertz CT molecular complexity index is 4260. The van der Waals surface area contributed by atoms with Crippen molar-refractivity contribution in [2.75, 3.05) is 0 Å². The van der Waals surface area contributed by atoms with Gasteiger partial charge in [0.1, 0.15) is 5.58 Å². The van der Waals surface area contributed by atoms with E-state index in [0.717, 1.165) is 71.2 Å². The first-order valence-electron chi connectivity index (χ1n) is 21.8. The van der Waals surface area contributed by atoms with Crippen LogP contribution in [0.1, 0.15) is 0 Å². The molecule has 6 heteroatoms. The predicted molar refractivity (Wildman–Crippen MR) is 271 cm³/mol. The summed E-state index contributed by atoms with van der Waals surface area (Å²) in [6, 6.07) is 73.2. The van der Waals surface area contributed by atoms with Crippen molar-refractivity contribution in [3.63, 3.8) is 0 Å². The molecule has 65 heavy (non-hydrogen) atoms. The van der Waals surface area contributed by atoms with Crippen molar-refractivity contribution in [2.24, 2.45) is 0 Å². The minimum absolute atomic E-state index is 0.581. The Kier molecular flexibility index (Phi) is 7.79. The van der Waals surface area contributed by atoms with Gasteiger partial charge >= 0.3 is 0 Å². The van der Waals surface area contributed by atoms with Crippen LogP contribution in [0.15, 0.2) is 211 Å². The van der Waals surface area contributed by atoms with Crippen LogP contribution in [-0.2, 0) is 0 Å². The molecule has 0 amide bonds. The Morgan fingerprint density at radius 3 is 1.92 bits per heavy atom. The number of nitrogens with zero attached hydrogens (tertiary/aromatic N) is 4. The van der Waals surface area contributed by atoms with Gasteiger partial charge in [-0.3, -0.25) is 0 Å². The Morgan fingerprint density at radius 1 is 0.385 bits per heavy atom. The van der Waals surface area contributed by atoms with E-state index < -0.39 is 0 Å². The summed E-state index contributed by atoms with van der Waals surface area (Å²) in [5.74, 6) is 1.81. The fourth-order valence-electron chi connectivity index (χ4n) is 9.96. The van der Waals surface area contributed by atoms with E-state index in [-0.39, 0.29) is 0 Å². The molecular weight excluding hydrogens is 813 g/mol. The monoisotopic (exact) mass is 846 g/mol. The number of thiophene rings is 1. The first-order chi connectivity index (χ1) is 32.2. The summed E-state index contributed by atoms with van der Waals surface area (Å²) in [6.45, 7) is 0. The fraction of sp³-hybridized carbons (Fsp3) is 0. The largest absolute Gasteiger partial charge is 0.454 e. The van der Waals surface area contributed by atoms with E-state index in [0.29, 0.717) is 17.5 Å². The zero-order valence-electron chi connectivity index (χ0n) is 34.7. The quantitative estimate of drug-likeness (QED) is 0.173. The predicted octanol–water partition coefficient (Wildman–Crippen LogP) is 16.2. The molecule has 0 spiro atoms. The average molecular weight is 847 g/mol. The molecule has 0 saturated heterocycles. The molecule has 0 fully saturated rings. The minimum atomic E-state index is 0.581. The van der Waals surface area contributed by atoms with Gasteiger partial charge in [-0.25, -0.2) is 15.0 Å². The van der Waals surface area contributed by atoms with Crippen molar-refractivity contribution >= 4 is 96.8 Å². The first-order valence-corrected chi connectivity index (χ1v) is 22.7. The van der Waals surface area contributed by atoms with Crippen molar-refractivity contribution in [3.05, 3.63) is 206 Å². The highest BCUT2D eigenvalue weighted by molar-refractivity contribution is 7.26. The highest BCUT2D eigenvalue weighted by Crippen LogP contribution is 2.44. The van der Waals surface area contributed by atoms with Gasteiger partial charge in [-0.1, -0.05) is 158 Å². The van der Waals surface area contributed by atoms with Crippen molar-refractivity contribution in [2.45, 2.75) is 0 Å². The Morgan fingerprint density at radius 2 is 1.05 bits per heavy atom. The summed E-state index contributed by atoms with van der Waals surface area (Å²) in [7, 11) is 0. The molecule has 14 rings (SSSR count). The van der Waals surface area contributed by atoms with E-state index in [1.807, 2.05) is 12.1 Å². The molecule has 0 saturated carbocycles. The first kappa shape index (κ1) is 36.1. The van der Waals surface area contributed by atoms with Crippen molar-refractivity contribution in [1.82, 2.24) is 19.5 Å². The van der Waals surface area contributed by atoms with Crippen LogP contribution in [0.4, 0.5) is 0 Å². The molecule has 0 aliphatic carbocycles. The maximum atomic E-state index is 6.94. The fourth-order valence-corrected chi connectivity index (χ4v) is 11.2. The van der Waals surface area contributed by atoms with Crippen molar-refractivity contribution in [1.29, 1.82) is 0 Å². The smallest absolute Gasteiger partial charge is 0.165 e. The van der Waals surface area contributed by atoms with Crippen molar-refractivity contribution in [3.8, 4) is 51.0 Å². The highest BCUT2D eigenvalue weighted by atomic mass is 32.1.